The highest BCUT2D eigenvalue weighted by Crippen LogP contribution is 2.32. The highest BCUT2D eigenvalue weighted by Gasteiger charge is 2.24. The first kappa shape index (κ1) is 12.3. The molecule has 0 aliphatic rings. The molecule has 0 aromatic heterocycles. The van der Waals surface area contributed by atoms with E-state index in [-0.39, 0.29) is 0 Å². The van der Waals surface area contributed by atoms with Crippen LogP contribution >= 0.6 is 31.9 Å². The third-order valence-electron chi connectivity index (χ3n) is 2.76. The molecular weight excluding hydrogens is 304 g/mol. The summed E-state index contributed by atoms with van der Waals surface area (Å²) in [6.45, 7) is 2.34. The fraction of sp³-hybridized carbons (Fsp3) is 0.500. The van der Waals surface area contributed by atoms with Gasteiger partial charge < -0.3 is 0 Å². The molecule has 0 saturated heterocycles. The highest BCUT2D eigenvalue weighted by molar-refractivity contribution is 9.09. The van der Waals surface area contributed by atoms with Gasteiger partial charge in [-0.05, 0) is 23.8 Å². The second-order valence-electron chi connectivity index (χ2n) is 3.80. The molecule has 0 aliphatic heterocycles. The monoisotopic (exact) mass is 318 g/mol. The average molecular weight is 320 g/mol. The van der Waals surface area contributed by atoms with Gasteiger partial charge in [-0.2, -0.15) is 0 Å². The summed E-state index contributed by atoms with van der Waals surface area (Å²) in [6.07, 6.45) is 2.37. The van der Waals surface area contributed by atoms with Crippen molar-refractivity contribution >= 4 is 31.9 Å². The Balaban J connectivity index is 2.87. The summed E-state index contributed by atoms with van der Waals surface area (Å²) in [7, 11) is 0. The van der Waals surface area contributed by atoms with Gasteiger partial charge in [0.1, 0.15) is 0 Å². The zero-order valence-electron chi connectivity index (χ0n) is 8.47. The molecule has 0 saturated carbocycles. The first-order valence-corrected chi connectivity index (χ1v) is 7.15. The van der Waals surface area contributed by atoms with Crippen molar-refractivity contribution in [2.24, 2.45) is 0 Å². The molecule has 0 heterocycles. The summed E-state index contributed by atoms with van der Waals surface area (Å²) < 4.78 is 0. The SMILES string of the molecule is CC(CCBr)(CCBr)c1ccccc1. The first-order valence-electron chi connectivity index (χ1n) is 4.90. The van der Waals surface area contributed by atoms with Crippen LogP contribution in [0.3, 0.4) is 0 Å². The van der Waals surface area contributed by atoms with Crippen molar-refractivity contribution in [1.29, 1.82) is 0 Å². The Morgan fingerprint density at radius 1 is 1.00 bits per heavy atom. The Morgan fingerprint density at radius 2 is 1.50 bits per heavy atom. The molecular formula is C12H16Br2. The molecule has 0 N–H and O–H groups in total. The third kappa shape index (κ3) is 3.09. The van der Waals surface area contributed by atoms with Crippen molar-refractivity contribution < 1.29 is 0 Å². The molecule has 1 rings (SSSR count). The number of benzene rings is 1. The van der Waals surface area contributed by atoms with E-state index in [1.165, 1.54) is 18.4 Å². The standard InChI is InChI=1S/C12H16Br2/c1-12(7-9-13,8-10-14)11-5-3-2-4-6-11/h2-6H,7-10H2,1H3. The Kier molecular flexibility index (Phi) is 5.18. The van der Waals surface area contributed by atoms with Gasteiger partial charge >= 0.3 is 0 Å². The molecule has 0 atom stereocenters. The number of rotatable bonds is 5. The quantitative estimate of drug-likeness (QED) is 0.700. The minimum absolute atomic E-state index is 0.300. The van der Waals surface area contributed by atoms with Crippen LogP contribution in [0.5, 0.6) is 0 Å². The van der Waals surface area contributed by atoms with E-state index in [4.69, 9.17) is 0 Å². The van der Waals surface area contributed by atoms with Gasteiger partial charge in [0.15, 0.2) is 0 Å². The van der Waals surface area contributed by atoms with Gasteiger partial charge in [-0.15, -0.1) is 0 Å². The molecule has 0 radical (unpaired) electrons. The molecule has 14 heavy (non-hydrogen) atoms. The van der Waals surface area contributed by atoms with Crippen molar-refractivity contribution in [1.82, 2.24) is 0 Å². The molecule has 0 bridgehead atoms. The van der Waals surface area contributed by atoms with E-state index < -0.39 is 0 Å². The Hall–Kier alpha value is 0.180. The molecule has 0 unspecified atom stereocenters. The van der Waals surface area contributed by atoms with Crippen molar-refractivity contribution in [2.75, 3.05) is 10.7 Å². The van der Waals surface area contributed by atoms with Crippen molar-refractivity contribution in [3.63, 3.8) is 0 Å². The lowest BCUT2D eigenvalue weighted by molar-refractivity contribution is 0.448. The van der Waals surface area contributed by atoms with Crippen LogP contribution in [0.25, 0.3) is 0 Å². The second kappa shape index (κ2) is 5.92. The highest BCUT2D eigenvalue weighted by atomic mass is 79.9. The smallest absolute Gasteiger partial charge is 0.00396 e. The predicted molar refractivity (Wildman–Crippen MR) is 70.6 cm³/mol. The topological polar surface area (TPSA) is 0 Å². The predicted octanol–water partition coefficient (Wildman–Crippen LogP) is 4.51. The fourth-order valence-corrected chi connectivity index (χ4v) is 3.42. The maximum atomic E-state index is 3.54. The van der Waals surface area contributed by atoms with Gasteiger partial charge in [0.25, 0.3) is 0 Å². The second-order valence-corrected chi connectivity index (χ2v) is 5.39. The zero-order valence-corrected chi connectivity index (χ0v) is 11.6. The van der Waals surface area contributed by atoms with E-state index in [0.29, 0.717) is 5.41 Å². The Labute approximate surface area is 103 Å². The van der Waals surface area contributed by atoms with Gasteiger partial charge in [0, 0.05) is 10.7 Å². The van der Waals surface area contributed by atoms with Crippen LogP contribution in [0.2, 0.25) is 0 Å². The minimum Gasteiger partial charge on any atom is -0.0928 e. The van der Waals surface area contributed by atoms with Crippen molar-refractivity contribution in [3.05, 3.63) is 35.9 Å². The molecule has 1 aromatic rings. The van der Waals surface area contributed by atoms with Gasteiger partial charge in [-0.25, -0.2) is 0 Å². The Morgan fingerprint density at radius 3 is 1.93 bits per heavy atom. The summed E-state index contributed by atoms with van der Waals surface area (Å²) in [5, 5.41) is 2.12. The summed E-state index contributed by atoms with van der Waals surface area (Å²) in [6, 6.07) is 10.8. The average Bonchev–Trinajstić information content (AvgIpc) is 2.20. The largest absolute Gasteiger partial charge is 0.0928 e. The maximum Gasteiger partial charge on any atom is 0.00396 e. The van der Waals surface area contributed by atoms with Crippen LogP contribution in [0.1, 0.15) is 25.3 Å². The van der Waals surface area contributed by atoms with Crippen LogP contribution in [-0.2, 0) is 5.41 Å². The molecule has 0 fully saturated rings. The fourth-order valence-electron chi connectivity index (χ4n) is 1.67. The van der Waals surface area contributed by atoms with Gasteiger partial charge in [0.05, 0.1) is 0 Å². The normalized spacial score (nSPS) is 11.6. The van der Waals surface area contributed by atoms with Crippen LogP contribution < -0.4 is 0 Å². The number of halogens is 2. The number of alkyl halides is 2. The van der Waals surface area contributed by atoms with E-state index in [1.807, 2.05) is 0 Å². The summed E-state index contributed by atoms with van der Waals surface area (Å²) in [4.78, 5) is 0. The van der Waals surface area contributed by atoms with Crippen molar-refractivity contribution in [3.8, 4) is 0 Å². The van der Waals surface area contributed by atoms with Crippen LogP contribution in [-0.4, -0.2) is 10.7 Å². The first-order chi connectivity index (χ1) is 6.73. The third-order valence-corrected chi connectivity index (χ3v) is 3.56. The lowest BCUT2D eigenvalue weighted by Gasteiger charge is -2.29. The molecule has 2 heteroatoms. The van der Waals surface area contributed by atoms with Crippen LogP contribution in [0.15, 0.2) is 30.3 Å². The van der Waals surface area contributed by atoms with E-state index in [1.54, 1.807) is 0 Å². The number of hydrogen-bond acceptors (Lipinski definition) is 0. The molecule has 1 aromatic carbocycles. The summed E-state index contributed by atoms with van der Waals surface area (Å²) >= 11 is 7.07. The summed E-state index contributed by atoms with van der Waals surface area (Å²) in [5.41, 5.74) is 1.74. The molecule has 0 amide bonds. The van der Waals surface area contributed by atoms with Gasteiger partial charge in [-0.1, -0.05) is 69.1 Å². The maximum absolute atomic E-state index is 3.54. The van der Waals surface area contributed by atoms with Gasteiger partial charge in [0.2, 0.25) is 0 Å². The zero-order chi connectivity index (χ0) is 10.4. The Bertz CT molecular complexity index is 250. The number of hydrogen-bond donors (Lipinski definition) is 0. The van der Waals surface area contributed by atoms with E-state index >= 15 is 0 Å². The van der Waals surface area contributed by atoms with Crippen LogP contribution in [0.4, 0.5) is 0 Å². The molecule has 0 nitrogen and oxygen atoms in total. The minimum atomic E-state index is 0.300. The van der Waals surface area contributed by atoms with Gasteiger partial charge in [-0.3, -0.25) is 0 Å². The summed E-state index contributed by atoms with van der Waals surface area (Å²) in [5.74, 6) is 0. The van der Waals surface area contributed by atoms with E-state index in [2.05, 4.69) is 69.1 Å². The van der Waals surface area contributed by atoms with Crippen molar-refractivity contribution in [2.45, 2.75) is 25.2 Å². The van der Waals surface area contributed by atoms with Crippen LogP contribution in [0, 0.1) is 0 Å². The van der Waals surface area contributed by atoms with E-state index in [9.17, 15) is 0 Å². The van der Waals surface area contributed by atoms with E-state index in [0.717, 1.165) is 10.7 Å². The lowest BCUT2D eigenvalue weighted by Crippen LogP contribution is -2.23. The lowest BCUT2D eigenvalue weighted by atomic mass is 9.78. The molecule has 0 aliphatic carbocycles. The molecule has 0 spiro atoms. The molecule has 78 valence electrons.